The van der Waals surface area contributed by atoms with Gasteiger partial charge in [0.15, 0.2) is 5.84 Å². The molecule has 0 bridgehead atoms. The number of amidine groups is 1. The molecule has 0 spiro atoms. The van der Waals surface area contributed by atoms with E-state index in [-0.39, 0.29) is 11.3 Å². The highest BCUT2D eigenvalue weighted by Crippen LogP contribution is 2.55. The van der Waals surface area contributed by atoms with Gasteiger partial charge in [0.2, 0.25) is 0 Å². The third-order valence-corrected chi connectivity index (χ3v) is 11.9. The number of hydrogen-bond donors (Lipinski definition) is 0. The Labute approximate surface area is 340 Å². The number of hydrogen-bond acceptors (Lipinski definition) is 2. The minimum atomic E-state index is -0.211. The van der Waals surface area contributed by atoms with E-state index in [0.29, 0.717) is 5.84 Å². The van der Waals surface area contributed by atoms with Gasteiger partial charge in [0.05, 0.1) is 5.71 Å². The van der Waals surface area contributed by atoms with Gasteiger partial charge in [0.1, 0.15) is 5.70 Å². The molecule has 6 aromatic carbocycles. The van der Waals surface area contributed by atoms with Gasteiger partial charge in [-0.05, 0) is 91.6 Å². The smallest absolute Gasteiger partial charge is 0.160 e. The van der Waals surface area contributed by atoms with Crippen LogP contribution < -0.4 is 10.4 Å². The first-order valence-corrected chi connectivity index (χ1v) is 20.3. The number of allylic oxidation sites excluding steroid dienone is 9. The van der Waals surface area contributed by atoms with Crippen LogP contribution in [0.15, 0.2) is 222 Å². The Kier molecular flexibility index (Phi) is 9.18. The molecule has 6 aromatic rings. The highest BCUT2D eigenvalue weighted by Gasteiger charge is 2.45. The van der Waals surface area contributed by atoms with Crippen molar-refractivity contribution in [2.45, 2.75) is 19.8 Å². The van der Waals surface area contributed by atoms with Crippen molar-refractivity contribution in [2.75, 3.05) is 0 Å². The van der Waals surface area contributed by atoms with E-state index in [1.807, 2.05) is 36.4 Å². The molecule has 0 aromatic heterocycles. The average molecular weight is 743 g/mol. The van der Waals surface area contributed by atoms with E-state index in [0.717, 1.165) is 46.5 Å². The molecule has 0 saturated heterocycles. The molecule has 0 saturated carbocycles. The first-order chi connectivity index (χ1) is 28.6. The summed E-state index contributed by atoms with van der Waals surface area (Å²) in [6, 6.07) is 58.4. The molecule has 1 aliphatic heterocycles. The van der Waals surface area contributed by atoms with Gasteiger partial charge < -0.3 is 0 Å². The molecule has 0 radical (unpaired) electrons. The molecule has 276 valence electrons. The second-order valence-corrected chi connectivity index (χ2v) is 15.5. The zero-order valence-corrected chi connectivity index (χ0v) is 32.5. The molecule has 3 aliphatic carbocycles. The van der Waals surface area contributed by atoms with Gasteiger partial charge in [0.25, 0.3) is 0 Å². The van der Waals surface area contributed by atoms with E-state index in [9.17, 15) is 0 Å². The van der Waals surface area contributed by atoms with Crippen molar-refractivity contribution < 1.29 is 0 Å². The van der Waals surface area contributed by atoms with Gasteiger partial charge in [-0.2, -0.15) is 0 Å². The van der Waals surface area contributed by atoms with E-state index in [4.69, 9.17) is 9.98 Å². The van der Waals surface area contributed by atoms with Gasteiger partial charge >= 0.3 is 0 Å². The van der Waals surface area contributed by atoms with Crippen LogP contribution in [0.2, 0.25) is 0 Å². The van der Waals surface area contributed by atoms with Crippen molar-refractivity contribution in [1.82, 2.24) is 0 Å². The van der Waals surface area contributed by atoms with Gasteiger partial charge in [-0.1, -0.05) is 201 Å². The summed E-state index contributed by atoms with van der Waals surface area (Å²) in [6.45, 7) is 2.42. The molecule has 0 N–H and O–H groups in total. The Balaban J connectivity index is 1.09. The van der Waals surface area contributed by atoms with Crippen LogP contribution in [0.3, 0.4) is 0 Å². The Morgan fingerprint density at radius 2 is 1.16 bits per heavy atom. The largest absolute Gasteiger partial charge is 0.232 e. The number of rotatable bonds is 6. The third kappa shape index (κ3) is 6.44. The highest BCUT2D eigenvalue weighted by molar-refractivity contribution is 6.14. The highest BCUT2D eigenvalue weighted by atomic mass is 14.9. The fraction of sp³-hybridized carbons (Fsp3) is 0.0893. The lowest BCUT2D eigenvalue weighted by Crippen LogP contribution is -2.45. The normalized spacial score (nSPS) is 21.3. The monoisotopic (exact) mass is 742 g/mol. The molecule has 10 rings (SSSR count). The van der Waals surface area contributed by atoms with E-state index in [1.54, 1.807) is 0 Å². The lowest BCUT2D eigenvalue weighted by Gasteiger charge is -2.45. The van der Waals surface area contributed by atoms with E-state index >= 15 is 0 Å². The van der Waals surface area contributed by atoms with Crippen LogP contribution in [0.25, 0.3) is 39.1 Å². The zero-order valence-electron chi connectivity index (χ0n) is 32.5. The summed E-state index contributed by atoms with van der Waals surface area (Å²) in [6.07, 6.45) is 17.6. The van der Waals surface area contributed by atoms with Crippen molar-refractivity contribution >= 4 is 39.5 Å². The molecule has 4 aliphatic rings. The summed E-state index contributed by atoms with van der Waals surface area (Å²) in [5.41, 5.74) is 18.4. The van der Waals surface area contributed by atoms with Gasteiger partial charge in [-0.3, -0.25) is 0 Å². The first kappa shape index (κ1) is 35.3. The fourth-order valence-corrected chi connectivity index (χ4v) is 9.14. The molecule has 0 fully saturated rings. The van der Waals surface area contributed by atoms with Gasteiger partial charge in [-0.15, -0.1) is 0 Å². The number of nitrogens with zero attached hydrogens (tertiary/aromatic N) is 2. The minimum absolute atomic E-state index is 0.140. The first-order valence-electron chi connectivity index (χ1n) is 20.3. The van der Waals surface area contributed by atoms with Crippen LogP contribution in [-0.2, 0) is 0 Å². The summed E-state index contributed by atoms with van der Waals surface area (Å²) in [5.74, 6) is 0.828. The summed E-state index contributed by atoms with van der Waals surface area (Å²) in [5, 5.41) is 2.63. The number of benzene rings is 6. The summed E-state index contributed by atoms with van der Waals surface area (Å²) >= 11 is 0. The van der Waals surface area contributed by atoms with Crippen LogP contribution in [0.4, 0.5) is 0 Å². The van der Waals surface area contributed by atoms with Crippen LogP contribution >= 0.6 is 0 Å². The van der Waals surface area contributed by atoms with Crippen molar-refractivity contribution in [2.24, 2.45) is 21.3 Å². The number of fused-ring (bicyclic) bond motifs is 4. The van der Waals surface area contributed by atoms with Crippen LogP contribution in [-0.4, -0.2) is 11.5 Å². The number of aliphatic imine (C=N–C) groups is 2. The maximum Gasteiger partial charge on any atom is 0.160 e. The quantitative estimate of drug-likeness (QED) is 0.152. The molecule has 1 unspecified atom stereocenters. The van der Waals surface area contributed by atoms with Crippen molar-refractivity contribution in [1.29, 1.82) is 0 Å². The maximum absolute atomic E-state index is 5.33. The van der Waals surface area contributed by atoms with Crippen molar-refractivity contribution in [3.63, 3.8) is 0 Å². The molecular formula is C56H42N2. The van der Waals surface area contributed by atoms with E-state index < -0.39 is 0 Å². The Bertz CT molecular complexity index is 2970. The molecule has 0 amide bonds. The standard InChI is InChI=1S/C56H42N2/c1-56-36-16-15-31-50(56)48-29-11-12-30-49(48)53-46(34-35-47(54(53)56)39-19-5-2-6-20-39)44-27-17-25-42(37-44)43-26-18-28-45(38-43)52-33-14-13-32-51(40-21-7-3-8-22-40)57-55(58-52)41-23-9-4-10-24-41/h2-13,15-31,34-38,54H,14,33H2,1H3/b57-55-,58-52+/t32?,54?,56-/m1/s1. The molecule has 58 heavy (non-hydrogen) atoms. The fourth-order valence-electron chi connectivity index (χ4n) is 9.14. The predicted octanol–water partition coefficient (Wildman–Crippen LogP) is 11.8. The molecule has 2 heteroatoms. The topological polar surface area (TPSA) is 24.7 Å². The van der Waals surface area contributed by atoms with Crippen molar-refractivity contribution in [3.05, 3.63) is 250 Å². The van der Waals surface area contributed by atoms with E-state index in [1.165, 1.54) is 49.4 Å². The van der Waals surface area contributed by atoms with Crippen LogP contribution in [0.1, 0.15) is 47.6 Å². The second-order valence-electron chi connectivity index (χ2n) is 15.5. The van der Waals surface area contributed by atoms with Gasteiger partial charge in [-0.25, -0.2) is 9.98 Å². The Hall–Kier alpha value is -7.12. The van der Waals surface area contributed by atoms with E-state index in [2.05, 4.69) is 183 Å². The molecule has 2 atom stereocenters. The lowest BCUT2D eigenvalue weighted by atomic mass is 9.57. The lowest BCUT2D eigenvalue weighted by molar-refractivity contribution is 0.496. The predicted molar refractivity (Wildman–Crippen MR) is 243 cm³/mol. The average Bonchev–Trinajstić information content (AvgIpc) is 3.41. The Morgan fingerprint density at radius 1 is 0.552 bits per heavy atom. The summed E-state index contributed by atoms with van der Waals surface area (Å²) < 4.78 is 0. The minimum Gasteiger partial charge on any atom is -0.232 e. The van der Waals surface area contributed by atoms with Gasteiger partial charge in [0, 0.05) is 22.5 Å². The Morgan fingerprint density at radius 3 is 1.90 bits per heavy atom. The summed E-state index contributed by atoms with van der Waals surface area (Å²) in [7, 11) is 0. The van der Waals surface area contributed by atoms with Crippen molar-refractivity contribution in [3.8, 4) is 11.1 Å². The third-order valence-electron chi connectivity index (χ3n) is 11.9. The SMILES string of the molecule is C[C@@]12C=CC=CC1=c1ccccc1=C1C(c3cccc(-c4cccc(/C5=N/C(c6ccccc6)=N\C(c6ccccc6)=C=CCC5)c4)c3)=CC=C(c3ccccc3)C12. The maximum atomic E-state index is 5.33. The summed E-state index contributed by atoms with van der Waals surface area (Å²) in [4.78, 5) is 10.5. The zero-order chi connectivity index (χ0) is 38.9. The second kappa shape index (κ2) is 15.1. The van der Waals surface area contributed by atoms with Crippen LogP contribution in [0.5, 0.6) is 0 Å². The molecular weight excluding hydrogens is 701 g/mol. The van der Waals surface area contributed by atoms with Crippen LogP contribution in [0, 0.1) is 11.3 Å². The molecule has 2 nitrogen and oxygen atoms in total. The molecule has 1 heterocycles.